The van der Waals surface area contributed by atoms with Crippen molar-refractivity contribution in [3.8, 4) is 11.5 Å². The Kier molecular flexibility index (Phi) is 12.0. The normalized spacial score (nSPS) is 21.1. The molecule has 0 radical (unpaired) electrons. The van der Waals surface area contributed by atoms with Crippen molar-refractivity contribution in [2.75, 3.05) is 26.2 Å². The Hall–Kier alpha value is -4.39. The number of hydrogen-bond donors (Lipinski definition) is 1. The van der Waals surface area contributed by atoms with Gasteiger partial charge in [-0.05, 0) is 69.1 Å². The second-order valence-corrected chi connectivity index (χ2v) is 17.0. The van der Waals surface area contributed by atoms with Gasteiger partial charge in [-0.2, -0.15) is 26.3 Å². The van der Waals surface area contributed by atoms with Crippen molar-refractivity contribution in [1.29, 1.82) is 0 Å². The van der Waals surface area contributed by atoms with Gasteiger partial charge in [0.1, 0.15) is 16.4 Å². The molecule has 3 amide bonds. The van der Waals surface area contributed by atoms with E-state index in [0.717, 1.165) is 34.3 Å². The predicted molar refractivity (Wildman–Crippen MR) is 191 cm³/mol. The van der Waals surface area contributed by atoms with Gasteiger partial charge in [0.25, 0.3) is 11.8 Å². The third kappa shape index (κ3) is 9.08. The molecular formula is C37H40F6N4O7S2. The van der Waals surface area contributed by atoms with Crippen LogP contribution in [0.4, 0.5) is 26.3 Å². The lowest BCUT2D eigenvalue weighted by Crippen LogP contribution is -2.67. The monoisotopic (exact) mass is 830 g/mol. The number of alkyl halides is 6. The second kappa shape index (κ2) is 16.2. The van der Waals surface area contributed by atoms with E-state index in [-0.39, 0.29) is 63.6 Å². The summed E-state index contributed by atoms with van der Waals surface area (Å²) in [6.45, 7) is 1.94. The molecule has 2 aliphatic heterocycles. The summed E-state index contributed by atoms with van der Waals surface area (Å²) in [6, 6.07) is 7.51. The van der Waals surface area contributed by atoms with Crippen LogP contribution in [-0.2, 0) is 32.0 Å². The lowest BCUT2D eigenvalue weighted by atomic mass is 9.81. The minimum Gasteiger partial charge on any atom is -0.493 e. The van der Waals surface area contributed by atoms with Crippen LogP contribution >= 0.6 is 11.3 Å². The number of para-hydroxylation sites is 1. The number of thiophene rings is 1. The molecule has 304 valence electrons. The summed E-state index contributed by atoms with van der Waals surface area (Å²) in [6.07, 6.45) is -5.59. The van der Waals surface area contributed by atoms with Gasteiger partial charge in [-0.25, -0.2) is 8.42 Å². The number of piperidine rings is 2. The van der Waals surface area contributed by atoms with E-state index < -0.39 is 73.0 Å². The van der Waals surface area contributed by atoms with Crippen LogP contribution in [0.1, 0.15) is 90.6 Å². The minimum atomic E-state index is -4.88. The first-order valence-electron chi connectivity index (χ1n) is 18.1. The van der Waals surface area contributed by atoms with Crippen molar-refractivity contribution in [2.45, 2.75) is 93.5 Å². The van der Waals surface area contributed by atoms with E-state index >= 15 is 0 Å². The molecule has 19 heteroatoms. The zero-order valence-corrected chi connectivity index (χ0v) is 31.8. The molecule has 2 saturated heterocycles. The maximum atomic E-state index is 14.6. The van der Waals surface area contributed by atoms with Crippen molar-refractivity contribution in [3.05, 3.63) is 75.7 Å². The van der Waals surface area contributed by atoms with Gasteiger partial charge in [-0.3, -0.25) is 24.1 Å². The third-order valence-corrected chi connectivity index (χ3v) is 13.2. The number of nitrogens with zero attached hydrogens (tertiary/aromatic N) is 3. The fraction of sp³-hybridized carbons (Fsp3) is 0.514. The van der Waals surface area contributed by atoms with Gasteiger partial charge in [0.05, 0.1) is 29.0 Å². The van der Waals surface area contributed by atoms with Crippen LogP contribution in [-0.4, -0.2) is 84.1 Å². The molecule has 6 rings (SSSR count). The van der Waals surface area contributed by atoms with Gasteiger partial charge < -0.3 is 19.3 Å². The van der Waals surface area contributed by atoms with Crippen LogP contribution in [0.3, 0.4) is 0 Å². The van der Waals surface area contributed by atoms with Crippen LogP contribution in [0, 0.1) is 0 Å². The van der Waals surface area contributed by atoms with Crippen LogP contribution < -0.4 is 14.2 Å². The second-order valence-electron chi connectivity index (χ2n) is 14.2. The Bertz CT molecular complexity index is 2030. The molecule has 11 nitrogen and oxygen atoms in total. The topological polar surface area (TPSA) is 135 Å². The van der Waals surface area contributed by atoms with Gasteiger partial charge in [-0.15, -0.1) is 11.3 Å². The zero-order valence-electron chi connectivity index (χ0n) is 30.2. The van der Waals surface area contributed by atoms with Crippen molar-refractivity contribution in [3.63, 3.8) is 0 Å². The molecule has 1 N–H and O–H groups in total. The first kappa shape index (κ1) is 41.2. The molecule has 0 bridgehead atoms. The Morgan fingerprint density at radius 1 is 1.00 bits per heavy atom. The number of aromatic nitrogens is 1. The number of rotatable bonds is 12. The number of likely N-dealkylation sites (tertiary alicyclic amines) is 2. The summed E-state index contributed by atoms with van der Waals surface area (Å²) < 4.78 is 121. The molecule has 4 heterocycles. The Morgan fingerprint density at radius 2 is 1.71 bits per heavy atom. The van der Waals surface area contributed by atoms with Gasteiger partial charge in [-0.1, -0.05) is 18.2 Å². The lowest BCUT2D eigenvalue weighted by Gasteiger charge is -2.49. The number of pyridine rings is 1. The molecule has 2 aromatic heterocycles. The number of nitrogens with one attached hydrogen (secondary N) is 1. The molecule has 0 spiro atoms. The third-order valence-electron chi connectivity index (χ3n) is 10.4. The number of ether oxygens (including phenoxy) is 2. The fourth-order valence-electron chi connectivity index (χ4n) is 7.30. The van der Waals surface area contributed by atoms with E-state index in [0.29, 0.717) is 48.8 Å². The summed E-state index contributed by atoms with van der Waals surface area (Å²) in [7, 11) is -3.64. The van der Waals surface area contributed by atoms with E-state index in [9.17, 15) is 49.1 Å². The van der Waals surface area contributed by atoms with E-state index in [1.165, 1.54) is 11.8 Å². The standard InChI is InChI=1S/C37H40F6N4O7S2/c1-23-35(54-25-20-31(55-22-25)37(41,42)43,14-5-16-47(23)33(49)28-21-44-15-11-29(28)36(38,39)40)34(50)46-17-12-24(13-18-46)27-6-2-3-7-30(27)53-19-4-8-32(48)45-56(51,52)26-9-10-26/h2-3,6-7,11,15,20-24,26H,4-5,8-10,12-14,16-19H2,1H3,(H,45,48)/t23?,35-/m0/s1. The summed E-state index contributed by atoms with van der Waals surface area (Å²) >= 11 is 0.369. The highest BCUT2D eigenvalue weighted by atomic mass is 32.2. The quantitative estimate of drug-likeness (QED) is 0.156. The Labute approximate surface area is 323 Å². The molecule has 3 aliphatic rings. The van der Waals surface area contributed by atoms with Crippen molar-refractivity contribution in [1.82, 2.24) is 19.5 Å². The highest BCUT2D eigenvalue weighted by Crippen LogP contribution is 2.43. The summed E-state index contributed by atoms with van der Waals surface area (Å²) in [4.78, 5) is 46.0. The van der Waals surface area contributed by atoms with Crippen molar-refractivity contribution < 1.29 is 58.6 Å². The highest BCUT2D eigenvalue weighted by Gasteiger charge is 2.55. The number of benzene rings is 1. The van der Waals surface area contributed by atoms with Gasteiger partial charge >= 0.3 is 12.4 Å². The number of carbonyl (C=O) groups is 3. The van der Waals surface area contributed by atoms with Gasteiger partial charge in [0.2, 0.25) is 21.5 Å². The molecule has 3 aromatic rings. The molecule has 1 aliphatic carbocycles. The summed E-state index contributed by atoms with van der Waals surface area (Å²) in [5, 5.41) is 0.596. The average molecular weight is 831 g/mol. The number of sulfonamides is 1. The van der Waals surface area contributed by atoms with E-state index in [2.05, 4.69) is 9.71 Å². The molecule has 1 saturated carbocycles. The van der Waals surface area contributed by atoms with Crippen molar-refractivity contribution >= 4 is 39.1 Å². The number of hydrogen-bond acceptors (Lipinski definition) is 9. The molecule has 3 fully saturated rings. The highest BCUT2D eigenvalue weighted by molar-refractivity contribution is 7.90. The zero-order chi connectivity index (χ0) is 40.5. The summed E-state index contributed by atoms with van der Waals surface area (Å²) in [5.74, 6) is -2.02. The average Bonchev–Trinajstić information content (AvgIpc) is 3.92. The first-order chi connectivity index (χ1) is 26.4. The maximum absolute atomic E-state index is 14.6. The van der Waals surface area contributed by atoms with E-state index in [1.54, 1.807) is 12.1 Å². The number of amides is 3. The molecule has 1 aromatic carbocycles. The predicted octanol–water partition coefficient (Wildman–Crippen LogP) is 6.80. The minimum absolute atomic E-state index is 0.0196. The SMILES string of the molecule is CC1N(C(=O)c2cnccc2C(F)(F)F)CCC[C@@]1(Oc1csc(C(F)(F)F)c1)C(=O)N1CCC(c2ccccc2OCCCC(=O)NS(=O)(=O)C2CC2)CC1. The molecular weight excluding hydrogens is 791 g/mol. The van der Waals surface area contributed by atoms with E-state index in [1.807, 2.05) is 12.1 Å². The van der Waals surface area contributed by atoms with Crippen LogP contribution in [0.25, 0.3) is 0 Å². The molecule has 56 heavy (non-hydrogen) atoms. The fourth-order valence-corrected chi connectivity index (χ4v) is 9.32. The van der Waals surface area contributed by atoms with Crippen LogP contribution in [0.15, 0.2) is 54.2 Å². The van der Waals surface area contributed by atoms with Crippen molar-refractivity contribution in [2.24, 2.45) is 0 Å². The van der Waals surface area contributed by atoms with Gasteiger partial charge in [0, 0.05) is 56.3 Å². The molecule has 1 unspecified atom stereocenters. The smallest absolute Gasteiger partial charge is 0.425 e. The lowest BCUT2D eigenvalue weighted by molar-refractivity contribution is -0.159. The maximum Gasteiger partial charge on any atom is 0.425 e. The number of carbonyl (C=O) groups excluding carboxylic acids is 3. The first-order valence-corrected chi connectivity index (χ1v) is 20.6. The van der Waals surface area contributed by atoms with Crippen LogP contribution in [0.2, 0.25) is 0 Å². The van der Waals surface area contributed by atoms with Crippen LogP contribution in [0.5, 0.6) is 11.5 Å². The largest absolute Gasteiger partial charge is 0.493 e. The van der Waals surface area contributed by atoms with E-state index in [4.69, 9.17) is 9.47 Å². The van der Waals surface area contributed by atoms with Gasteiger partial charge in [0.15, 0.2) is 0 Å². The molecule has 2 atom stereocenters. The Balaban J connectivity index is 1.17. The number of halogens is 6. The Morgan fingerprint density at radius 3 is 2.38 bits per heavy atom. The summed E-state index contributed by atoms with van der Waals surface area (Å²) in [5.41, 5.74) is -3.02.